The van der Waals surface area contributed by atoms with Gasteiger partial charge in [-0.15, -0.1) is 0 Å². The molecule has 2 amide bonds. The van der Waals surface area contributed by atoms with Crippen molar-refractivity contribution in [1.82, 2.24) is 14.7 Å². The molecule has 1 aromatic carbocycles. The maximum Gasteiger partial charge on any atom is 0.254 e. The second-order valence-corrected chi connectivity index (χ2v) is 5.44. The van der Waals surface area contributed by atoms with E-state index >= 15 is 0 Å². The first-order chi connectivity index (χ1) is 10.6. The lowest BCUT2D eigenvalue weighted by Gasteiger charge is -2.10. The van der Waals surface area contributed by atoms with Crippen molar-refractivity contribution >= 4 is 17.5 Å². The van der Waals surface area contributed by atoms with Crippen LogP contribution in [0.25, 0.3) is 0 Å². The number of anilines is 1. The smallest absolute Gasteiger partial charge is 0.254 e. The van der Waals surface area contributed by atoms with Crippen LogP contribution in [0.3, 0.4) is 0 Å². The number of nitrogens with one attached hydrogen (secondary N) is 1. The van der Waals surface area contributed by atoms with Crippen LogP contribution in [0.1, 0.15) is 28.4 Å². The van der Waals surface area contributed by atoms with Gasteiger partial charge in [-0.3, -0.25) is 14.3 Å². The second kappa shape index (κ2) is 5.63. The van der Waals surface area contributed by atoms with Gasteiger partial charge in [0.25, 0.3) is 5.91 Å². The normalized spacial score (nSPS) is 13.4. The van der Waals surface area contributed by atoms with Gasteiger partial charge in [0.1, 0.15) is 0 Å². The van der Waals surface area contributed by atoms with E-state index in [9.17, 15) is 9.59 Å². The number of carbonyl (C=O) groups is 2. The van der Waals surface area contributed by atoms with Crippen molar-refractivity contribution in [2.24, 2.45) is 7.05 Å². The molecule has 1 aliphatic heterocycles. The number of hydrogen-bond acceptors (Lipinski definition) is 3. The zero-order chi connectivity index (χ0) is 15.7. The molecule has 1 N–H and O–H groups in total. The van der Waals surface area contributed by atoms with E-state index in [2.05, 4.69) is 10.4 Å². The molecule has 0 aliphatic carbocycles. The maximum absolute atomic E-state index is 12.2. The molecule has 1 aromatic heterocycles. The Morgan fingerprint density at radius 1 is 1.41 bits per heavy atom. The lowest BCUT2D eigenvalue weighted by molar-refractivity contribution is -0.115. The van der Waals surface area contributed by atoms with Gasteiger partial charge in [0, 0.05) is 37.6 Å². The molecular weight excluding hydrogens is 280 g/mol. The minimum atomic E-state index is -0.120. The number of carbonyl (C=O) groups excluding carboxylic acids is 2. The summed E-state index contributed by atoms with van der Waals surface area (Å²) in [6.07, 6.45) is 3.75. The van der Waals surface area contributed by atoms with Crippen molar-refractivity contribution in [1.29, 1.82) is 0 Å². The number of amides is 2. The number of nitrogens with zero attached hydrogens (tertiary/aromatic N) is 3. The summed E-state index contributed by atoms with van der Waals surface area (Å²) in [7, 11) is 1.81. The highest BCUT2D eigenvalue weighted by Gasteiger charge is 2.26. The number of fused-ring (bicyclic) bond motifs is 1. The Bertz CT molecular complexity index is 735. The van der Waals surface area contributed by atoms with Crippen molar-refractivity contribution in [3.8, 4) is 0 Å². The summed E-state index contributed by atoms with van der Waals surface area (Å²) in [6.45, 7) is 3.30. The molecule has 1 aliphatic rings. The van der Waals surface area contributed by atoms with Gasteiger partial charge in [0.15, 0.2) is 0 Å². The van der Waals surface area contributed by atoms with E-state index in [0.29, 0.717) is 24.3 Å². The van der Waals surface area contributed by atoms with Crippen LogP contribution in [0, 0.1) is 0 Å². The first-order valence-electron chi connectivity index (χ1n) is 7.26. The third-order valence-corrected chi connectivity index (χ3v) is 3.78. The molecule has 6 heteroatoms. The lowest BCUT2D eigenvalue weighted by Crippen LogP contribution is -2.23. The van der Waals surface area contributed by atoms with Crippen molar-refractivity contribution in [3.05, 3.63) is 47.3 Å². The molecule has 3 rings (SSSR count). The van der Waals surface area contributed by atoms with Gasteiger partial charge in [0.2, 0.25) is 5.91 Å². The molecule has 0 unspecified atom stereocenters. The van der Waals surface area contributed by atoms with Crippen molar-refractivity contribution in [2.75, 3.05) is 11.9 Å². The molecule has 6 nitrogen and oxygen atoms in total. The summed E-state index contributed by atoms with van der Waals surface area (Å²) in [6, 6.07) is 5.50. The van der Waals surface area contributed by atoms with Crippen LogP contribution in [-0.2, 0) is 24.8 Å². The summed E-state index contributed by atoms with van der Waals surface area (Å²) in [5.74, 6) is -0.0911. The molecule has 0 saturated heterocycles. The van der Waals surface area contributed by atoms with E-state index in [-0.39, 0.29) is 18.2 Å². The fourth-order valence-electron chi connectivity index (χ4n) is 2.65. The fraction of sp³-hybridized carbons (Fsp3) is 0.312. The summed E-state index contributed by atoms with van der Waals surface area (Å²) in [5, 5.41) is 6.87. The van der Waals surface area contributed by atoms with E-state index in [0.717, 1.165) is 11.1 Å². The molecule has 0 bridgehead atoms. The molecule has 114 valence electrons. The highest BCUT2D eigenvalue weighted by molar-refractivity contribution is 6.00. The van der Waals surface area contributed by atoms with Crippen molar-refractivity contribution in [3.63, 3.8) is 0 Å². The summed E-state index contributed by atoms with van der Waals surface area (Å²) in [4.78, 5) is 26.0. The Morgan fingerprint density at radius 3 is 2.91 bits per heavy atom. The monoisotopic (exact) mass is 298 g/mol. The lowest BCUT2D eigenvalue weighted by atomic mass is 10.1. The van der Waals surface area contributed by atoms with Crippen LogP contribution in [0.5, 0.6) is 0 Å². The first-order valence-corrected chi connectivity index (χ1v) is 7.26. The molecule has 0 spiro atoms. The highest BCUT2D eigenvalue weighted by atomic mass is 16.2. The predicted octanol–water partition coefficient (Wildman–Crippen LogP) is 1.58. The number of aromatic nitrogens is 2. The number of rotatable bonds is 4. The molecule has 2 heterocycles. The summed E-state index contributed by atoms with van der Waals surface area (Å²) < 4.78 is 1.66. The summed E-state index contributed by atoms with van der Waals surface area (Å²) in [5.41, 5.74) is 3.20. The Morgan fingerprint density at radius 2 is 2.23 bits per heavy atom. The third-order valence-electron chi connectivity index (χ3n) is 3.78. The molecular formula is C16H18N4O2. The van der Waals surface area contributed by atoms with Gasteiger partial charge < -0.3 is 10.2 Å². The van der Waals surface area contributed by atoms with Gasteiger partial charge in [-0.1, -0.05) is 6.07 Å². The third kappa shape index (κ3) is 2.72. The molecule has 0 atom stereocenters. The van der Waals surface area contributed by atoms with Crippen LogP contribution >= 0.6 is 0 Å². The zero-order valence-corrected chi connectivity index (χ0v) is 12.7. The molecule has 2 aromatic rings. The quantitative estimate of drug-likeness (QED) is 0.932. The van der Waals surface area contributed by atoms with Crippen LogP contribution in [0.4, 0.5) is 5.69 Å². The molecule has 22 heavy (non-hydrogen) atoms. The van der Waals surface area contributed by atoms with Gasteiger partial charge in [-0.2, -0.15) is 5.10 Å². The fourth-order valence-corrected chi connectivity index (χ4v) is 2.65. The Labute approximate surface area is 128 Å². The molecule has 0 saturated carbocycles. The van der Waals surface area contributed by atoms with Crippen LogP contribution < -0.4 is 5.32 Å². The van der Waals surface area contributed by atoms with E-state index < -0.39 is 0 Å². The largest absolute Gasteiger partial charge is 0.335 e. The van der Waals surface area contributed by atoms with Crippen LogP contribution in [0.15, 0.2) is 30.6 Å². The zero-order valence-electron chi connectivity index (χ0n) is 12.7. The predicted molar refractivity (Wildman–Crippen MR) is 82.4 cm³/mol. The van der Waals surface area contributed by atoms with Gasteiger partial charge in [-0.25, -0.2) is 0 Å². The average Bonchev–Trinajstić information content (AvgIpc) is 3.03. The molecule has 0 radical (unpaired) electrons. The van der Waals surface area contributed by atoms with Gasteiger partial charge in [-0.05, 0) is 30.2 Å². The number of hydrogen-bond donors (Lipinski definition) is 1. The van der Waals surface area contributed by atoms with E-state index in [1.54, 1.807) is 21.8 Å². The SMILES string of the molecule is CCN1Cc2ccc(NC(=O)Cc3cnn(C)c3)cc2C1=O. The van der Waals surface area contributed by atoms with Gasteiger partial charge >= 0.3 is 0 Å². The van der Waals surface area contributed by atoms with Crippen molar-refractivity contribution in [2.45, 2.75) is 19.9 Å². The minimum Gasteiger partial charge on any atom is -0.335 e. The Balaban J connectivity index is 1.70. The number of aryl methyl sites for hydroxylation is 1. The van der Waals surface area contributed by atoms with E-state index in [1.165, 1.54) is 0 Å². The maximum atomic E-state index is 12.2. The highest BCUT2D eigenvalue weighted by Crippen LogP contribution is 2.25. The second-order valence-electron chi connectivity index (χ2n) is 5.44. The molecule has 0 fully saturated rings. The van der Waals surface area contributed by atoms with Crippen LogP contribution in [-0.4, -0.2) is 33.0 Å². The first kappa shape index (κ1) is 14.3. The standard InChI is InChI=1S/C16H18N4O2/c1-3-20-10-12-4-5-13(7-14(12)16(20)22)18-15(21)6-11-8-17-19(2)9-11/h4-5,7-9H,3,6,10H2,1-2H3,(H,18,21). The van der Waals surface area contributed by atoms with E-state index in [4.69, 9.17) is 0 Å². The topological polar surface area (TPSA) is 67.2 Å². The minimum absolute atomic E-state index is 0.0286. The Hall–Kier alpha value is -2.63. The van der Waals surface area contributed by atoms with Crippen molar-refractivity contribution < 1.29 is 9.59 Å². The summed E-state index contributed by atoms with van der Waals surface area (Å²) >= 11 is 0. The average molecular weight is 298 g/mol. The van der Waals surface area contributed by atoms with Gasteiger partial charge in [0.05, 0.1) is 12.6 Å². The van der Waals surface area contributed by atoms with E-state index in [1.807, 2.05) is 32.3 Å². The Kier molecular flexibility index (Phi) is 3.66. The van der Waals surface area contributed by atoms with Crippen LogP contribution in [0.2, 0.25) is 0 Å². The number of benzene rings is 1.